The van der Waals surface area contributed by atoms with Gasteiger partial charge in [-0.25, -0.2) is 0 Å². The van der Waals surface area contributed by atoms with Crippen molar-refractivity contribution in [3.63, 3.8) is 0 Å². The summed E-state index contributed by atoms with van der Waals surface area (Å²) >= 11 is 5.75. The molecule has 3 heteroatoms. The lowest BCUT2D eigenvalue weighted by atomic mass is 10.1. The van der Waals surface area contributed by atoms with Crippen molar-refractivity contribution in [1.29, 1.82) is 0 Å². The number of halogens is 1. The second-order valence-electron chi connectivity index (χ2n) is 3.17. The summed E-state index contributed by atoms with van der Waals surface area (Å²) in [7, 11) is 3.75. The predicted molar refractivity (Wildman–Crippen MR) is 59.2 cm³/mol. The van der Waals surface area contributed by atoms with E-state index in [0.717, 1.165) is 11.8 Å². The highest BCUT2D eigenvalue weighted by Gasteiger charge is 1.99. The van der Waals surface area contributed by atoms with Crippen molar-refractivity contribution in [2.75, 3.05) is 14.1 Å². The standard InChI is InChI=1S/C11H12ClNO/c1-13(2)7-10(8-14)9-3-5-11(12)6-4-9/h3-8H,1-2H3/b10-7+. The lowest BCUT2D eigenvalue weighted by Crippen LogP contribution is -2.03. The fourth-order valence-electron chi connectivity index (χ4n) is 1.09. The molecule has 0 unspecified atom stereocenters. The third-order valence-corrected chi connectivity index (χ3v) is 1.95. The molecular formula is C11H12ClNO. The van der Waals surface area contributed by atoms with Crippen molar-refractivity contribution in [2.45, 2.75) is 0 Å². The van der Waals surface area contributed by atoms with Crippen LogP contribution in [0.3, 0.4) is 0 Å². The highest BCUT2D eigenvalue weighted by Crippen LogP contribution is 2.16. The van der Waals surface area contributed by atoms with E-state index >= 15 is 0 Å². The van der Waals surface area contributed by atoms with Crippen LogP contribution in [0.5, 0.6) is 0 Å². The molecule has 0 aliphatic heterocycles. The van der Waals surface area contributed by atoms with Crippen molar-refractivity contribution in [1.82, 2.24) is 4.90 Å². The van der Waals surface area contributed by atoms with Crippen LogP contribution >= 0.6 is 11.6 Å². The molecule has 0 radical (unpaired) electrons. The van der Waals surface area contributed by atoms with Gasteiger partial charge in [-0.15, -0.1) is 0 Å². The number of benzene rings is 1. The van der Waals surface area contributed by atoms with Gasteiger partial charge in [0.15, 0.2) is 6.29 Å². The Labute approximate surface area is 88.8 Å². The van der Waals surface area contributed by atoms with Gasteiger partial charge in [0.05, 0.1) is 0 Å². The summed E-state index contributed by atoms with van der Waals surface area (Å²) in [6, 6.07) is 7.19. The Kier molecular flexibility index (Phi) is 3.72. The van der Waals surface area contributed by atoms with E-state index in [1.807, 2.05) is 31.1 Å². The van der Waals surface area contributed by atoms with E-state index in [9.17, 15) is 4.79 Å². The second kappa shape index (κ2) is 4.82. The molecule has 0 aromatic heterocycles. The molecule has 0 aliphatic carbocycles. The average molecular weight is 210 g/mol. The van der Waals surface area contributed by atoms with Crippen LogP contribution in [0.2, 0.25) is 5.02 Å². The van der Waals surface area contributed by atoms with Gasteiger partial charge in [0.25, 0.3) is 0 Å². The topological polar surface area (TPSA) is 20.3 Å². The molecule has 1 rings (SSSR count). The molecule has 0 aliphatic rings. The Morgan fingerprint density at radius 3 is 2.29 bits per heavy atom. The molecule has 14 heavy (non-hydrogen) atoms. The maximum Gasteiger partial charge on any atom is 0.152 e. The van der Waals surface area contributed by atoms with Crippen LogP contribution < -0.4 is 0 Å². The van der Waals surface area contributed by atoms with Crippen molar-refractivity contribution in [3.05, 3.63) is 41.1 Å². The number of rotatable bonds is 3. The molecule has 74 valence electrons. The molecule has 0 bridgehead atoms. The summed E-state index contributed by atoms with van der Waals surface area (Å²) < 4.78 is 0. The van der Waals surface area contributed by atoms with Crippen LogP contribution in [0.25, 0.3) is 5.57 Å². The van der Waals surface area contributed by atoms with Crippen molar-refractivity contribution in [3.8, 4) is 0 Å². The smallest absolute Gasteiger partial charge is 0.152 e. The summed E-state index contributed by atoms with van der Waals surface area (Å²) in [5.74, 6) is 0. The third-order valence-electron chi connectivity index (χ3n) is 1.70. The number of hydrogen-bond donors (Lipinski definition) is 0. The van der Waals surface area contributed by atoms with Gasteiger partial charge < -0.3 is 4.90 Å². The summed E-state index contributed by atoms with van der Waals surface area (Å²) in [4.78, 5) is 12.6. The highest BCUT2D eigenvalue weighted by molar-refractivity contribution is 6.30. The number of carbonyl (C=O) groups excluding carboxylic acids is 1. The first-order valence-electron chi connectivity index (χ1n) is 4.23. The Balaban J connectivity index is 3.01. The third kappa shape index (κ3) is 2.89. The van der Waals surface area contributed by atoms with Crippen LogP contribution in [0.15, 0.2) is 30.5 Å². The number of hydrogen-bond acceptors (Lipinski definition) is 2. The van der Waals surface area contributed by atoms with Crippen LogP contribution in [-0.4, -0.2) is 25.3 Å². The van der Waals surface area contributed by atoms with Crippen LogP contribution in [0.4, 0.5) is 0 Å². The lowest BCUT2D eigenvalue weighted by Gasteiger charge is -2.07. The largest absolute Gasteiger partial charge is 0.383 e. The SMILES string of the molecule is CN(C)/C=C(\C=O)c1ccc(Cl)cc1. The van der Waals surface area contributed by atoms with Crippen molar-refractivity contribution < 1.29 is 4.79 Å². The van der Waals surface area contributed by atoms with E-state index in [1.165, 1.54) is 0 Å². The van der Waals surface area contributed by atoms with Crippen molar-refractivity contribution >= 4 is 23.5 Å². The van der Waals surface area contributed by atoms with E-state index in [2.05, 4.69) is 0 Å². The normalized spacial score (nSPS) is 11.2. The zero-order valence-electron chi connectivity index (χ0n) is 8.20. The zero-order valence-corrected chi connectivity index (χ0v) is 8.95. The monoisotopic (exact) mass is 209 g/mol. The maximum absolute atomic E-state index is 10.8. The molecule has 0 fully saturated rings. The number of carbonyl (C=O) groups is 1. The van der Waals surface area contributed by atoms with Gasteiger partial charge in [-0.05, 0) is 17.7 Å². The first-order valence-corrected chi connectivity index (χ1v) is 4.60. The fourth-order valence-corrected chi connectivity index (χ4v) is 1.22. The number of allylic oxidation sites excluding steroid dienone is 1. The first-order chi connectivity index (χ1) is 6.63. The van der Waals surface area contributed by atoms with Crippen LogP contribution in [0.1, 0.15) is 5.56 Å². The zero-order chi connectivity index (χ0) is 10.6. The molecular weight excluding hydrogens is 198 g/mol. The van der Waals surface area contributed by atoms with Gasteiger partial charge in [0.1, 0.15) is 0 Å². The minimum absolute atomic E-state index is 0.645. The number of aldehydes is 1. The molecule has 1 aromatic rings. The van der Waals surface area contributed by atoms with Gasteiger partial charge in [0, 0.05) is 30.9 Å². The van der Waals surface area contributed by atoms with Gasteiger partial charge in [-0.3, -0.25) is 4.79 Å². The summed E-state index contributed by atoms with van der Waals surface area (Å²) in [5, 5.41) is 0.670. The molecule has 1 aromatic carbocycles. The van der Waals surface area contributed by atoms with E-state index < -0.39 is 0 Å². The van der Waals surface area contributed by atoms with Gasteiger partial charge in [-0.1, -0.05) is 23.7 Å². The molecule has 0 amide bonds. The highest BCUT2D eigenvalue weighted by atomic mass is 35.5. The van der Waals surface area contributed by atoms with Crippen molar-refractivity contribution in [2.24, 2.45) is 0 Å². The average Bonchev–Trinajstić information content (AvgIpc) is 2.15. The first kappa shape index (κ1) is 10.8. The maximum atomic E-state index is 10.8. The Hall–Kier alpha value is -1.28. The predicted octanol–water partition coefficient (Wildman–Crippen LogP) is 2.44. The molecule has 0 atom stereocenters. The Morgan fingerprint density at radius 1 is 1.29 bits per heavy atom. The second-order valence-corrected chi connectivity index (χ2v) is 3.61. The molecule has 2 nitrogen and oxygen atoms in total. The fraction of sp³-hybridized carbons (Fsp3) is 0.182. The number of nitrogens with zero attached hydrogens (tertiary/aromatic N) is 1. The molecule has 0 saturated carbocycles. The summed E-state index contributed by atoms with van der Waals surface area (Å²) in [6.45, 7) is 0. The van der Waals surface area contributed by atoms with Gasteiger partial charge in [-0.2, -0.15) is 0 Å². The van der Waals surface area contributed by atoms with Gasteiger partial charge in [0.2, 0.25) is 0 Å². The van der Waals surface area contributed by atoms with E-state index in [1.54, 1.807) is 18.3 Å². The molecule has 0 N–H and O–H groups in total. The molecule has 0 heterocycles. The Bertz CT molecular complexity index is 341. The van der Waals surface area contributed by atoms with E-state index in [0.29, 0.717) is 10.6 Å². The quantitative estimate of drug-likeness (QED) is 0.563. The Morgan fingerprint density at radius 2 is 1.86 bits per heavy atom. The molecule has 0 spiro atoms. The molecule has 0 saturated heterocycles. The van der Waals surface area contributed by atoms with E-state index in [4.69, 9.17) is 11.6 Å². The lowest BCUT2D eigenvalue weighted by molar-refractivity contribution is -0.103. The summed E-state index contributed by atoms with van der Waals surface area (Å²) in [5.41, 5.74) is 1.52. The minimum Gasteiger partial charge on any atom is -0.383 e. The van der Waals surface area contributed by atoms with Crippen LogP contribution in [0, 0.1) is 0 Å². The van der Waals surface area contributed by atoms with Gasteiger partial charge >= 0.3 is 0 Å². The van der Waals surface area contributed by atoms with Crippen LogP contribution in [-0.2, 0) is 4.79 Å². The van der Waals surface area contributed by atoms with E-state index in [-0.39, 0.29) is 0 Å². The summed E-state index contributed by atoms with van der Waals surface area (Å²) in [6.07, 6.45) is 2.61. The minimum atomic E-state index is 0.645.